The van der Waals surface area contributed by atoms with Gasteiger partial charge in [-0.1, -0.05) is 32.1 Å². The van der Waals surface area contributed by atoms with Crippen molar-refractivity contribution in [1.82, 2.24) is 0 Å². The highest BCUT2D eigenvalue weighted by Gasteiger charge is 1.96. The summed E-state index contributed by atoms with van der Waals surface area (Å²) >= 11 is 0. The van der Waals surface area contributed by atoms with Gasteiger partial charge in [-0.05, 0) is 44.6 Å². The lowest BCUT2D eigenvalue weighted by molar-refractivity contribution is 0.601. The summed E-state index contributed by atoms with van der Waals surface area (Å²) < 4.78 is 0. The molecule has 0 aliphatic heterocycles. The molecule has 1 unspecified atom stereocenters. The van der Waals surface area contributed by atoms with Gasteiger partial charge in [0.1, 0.15) is 0 Å². The maximum Gasteiger partial charge on any atom is 0.0361 e. The van der Waals surface area contributed by atoms with Crippen LogP contribution >= 0.6 is 0 Å². The molecule has 0 fully saturated rings. The van der Waals surface area contributed by atoms with Gasteiger partial charge in [0.25, 0.3) is 0 Å². The molecule has 0 bridgehead atoms. The van der Waals surface area contributed by atoms with Gasteiger partial charge in [-0.2, -0.15) is 0 Å². The highest BCUT2D eigenvalue weighted by atomic mass is 14.7. The van der Waals surface area contributed by atoms with Crippen LogP contribution in [-0.2, 0) is 0 Å². The summed E-state index contributed by atoms with van der Waals surface area (Å²) in [5.74, 6) is 0.734. The fourth-order valence-corrected chi connectivity index (χ4v) is 1.27. The molecule has 0 aliphatic carbocycles. The van der Waals surface area contributed by atoms with E-state index < -0.39 is 0 Å². The third-order valence-corrected chi connectivity index (χ3v) is 2.26. The molecule has 0 spiro atoms. The number of nitrogens with zero attached hydrogens (tertiary/aromatic N) is 1. The number of allylic oxidation sites excluding steroid dienone is 4. The van der Waals surface area contributed by atoms with Gasteiger partial charge < -0.3 is 0 Å². The summed E-state index contributed by atoms with van der Waals surface area (Å²) in [4.78, 5) is 4.22. The Labute approximate surface area is 95.0 Å². The van der Waals surface area contributed by atoms with Crippen LogP contribution in [0, 0.1) is 5.92 Å². The summed E-state index contributed by atoms with van der Waals surface area (Å²) in [5, 5.41) is 0. The molecule has 0 heterocycles. The maximum absolute atomic E-state index is 4.22. The number of rotatable bonds is 7. The zero-order valence-electron chi connectivity index (χ0n) is 10.7. The highest BCUT2D eigenvalue weighted by Crippen LogP contribution is 2.10. The Bertz CT molecular complexity index is 223. The van der Waals surface area contributed by atoms with Gasteiger partial charge in [0.2, 0.25) is 0 Å². The Morgan fingerprint density at radius 3 is 2.53 bits per heavy atom. The van der Waals surface area contributed by atoms with Gasteiger partial charge >= 0.3 is 0 Å². The highest BCUT2D eigenvalue weighted by molar-refractivity contribution is 5.77. The molecule has 1 atom stereocenters. The van der Waals surface area contributed by atoms with Crippen LogP contribution in [0.25, 0.3) is 0 Å². The Balaban J connectivity index is 3.81. The average Bonchev–Trinajstić information content (AvgIpc) is 2.24. The van der Waals surface area contributed by atoms with E-state index in [2.05, 4.69) is 50.9 Å². The van der Waals surface area contributed by atoms with Crippen molar-refractivity contribution in [2.45, 2.75) is 47.0 Å². The van der Waals surface area contributed by atoms with Gasteiger partial charge in [-0.3, -0.25) is 4.99 Å². The summed E-state index contributed by atoms with van der Waals surface area (Å²) in [6, 6.07) is 0. The second-order valence-electron chi connectivity index (χ2n) is 4.03. The molecule has 0 aliphatic rings. The third kappa shape index (κ3) is 9.45. The van der Waals surface area contributed by atoms with Crippen molar-refractivity contribution < 1.29 is 0 Å². The maximum atomic E-state index is 4.22. The predicted octanol–water partition coefficient (Wildman–Crippen LogP) is 4.41. The number of hydrogen-bond donors (Lipinski definition) is 0. The monoisotopic (exact) mass is 207 g/mol. The molecular formula is C14H25N. The van der Waals surface area contributed by atoms with E-state index in [1.54, 1.807) is 0 Å². The predicted molar refractivity (Wildman–Crippen MR) is 70.6 cm³/mol. The molecule has 86 valence electrons. The second-order valence-corrected chi connectivity index (χ2v) is 4.03. The topological polar surface area (TPSA) is 12.4 Å². The smallest absolute Gasteiger partial charge is 0.0361 e. The molecule has 0 rings (SSSR count). The van der Waals surface area contributed by atoms with Gasteiger partial charge in [-0.15, -0.1) is 0 Å². The molecule has 1 heteroatoms. The van der Waals surface area contributed by atoms with Crippen LogP contribution < -0.4 is 0 Å². The van der Waals surface area contributed by atoms with E-state index in [1.807, 2.05) is 6.21 Å². The van der Waals surface area contributed by atoms with Crippen molar-refractivity contribution in [3.63, 3.8) is 0 Å². The van der Waals surface area contributed by atoms with Crippen LogP contribution in [0.1, 0.15) is 47.0 Å². The van der Waals surface area contributed by atoms with Gasteiger partial charge in [-0.25, -0.2) is 0 Å². The van der Waals surface area contributed by atoms with Gasteiger partial charge in [0.05, 0.1) is 0 Å². The van der Waals surface area contributed by atoms with Crippen molar-refractivity contribution >= 4 is 6.21 Å². The average molecular weight is 207 g/mol. The lowest BCUT2D eigenvalue weighted by atomic mass is 10.0. The first kappa shape index (κ1) is 14.2. The summed E-state index contributed by atoms with van der Waals surface area (Å²) in [5.41, 5.74) is 1.28. The van der Waals surface area contributed by atoms with E-state index in [4.69, 9.17) is 0 Å². The Kier molecular flexibility index (Phi) is 9.15. The quantitative estimate of drug-likeness (QED) is 0.433. The Morgan fingerprint density at radius 1 is 1.20 bits per heavy atom. The fourth-order valence-electron chi connectivity index (χ4n) is 1.27. The lowest BCUT2D eigenvalue weighted by Gasteiger charge is -2.04. The molecule has 0 aromatic heterocycles. The molecular weight excluding hydrogens is 182 g/mol. The minimum absolute atomic E-state index is 0.734. The van der Waals surface area contributed by atoms with E-state index in [-0.39, 0.29) is 0 Å². The number of hydrogen-bond acceptors (Lipinski definition) is 1. The Hall–Kier alpha value is -0.850. The molecule has 0 radical (unpaired) electrons. The standard InChI is InChI=1S/C14H25N/c1-5-7-8-9-13(3)10-11-14(4)12-15-6-2/h7-8,11-13H,5-6,9-10H2,1-4H3/b8-7+,14-11-,15-12?. The van der Waals surface area contributed by atoms with Crippen molar-refractivity contribution in [3.8, 4) is 0 Å². The van der Waals surface area contributed by atoms with Crippen molar-refractivity contribution in [2.24, 2.45) is 10.9 Å². The zero-order valence-corrected chi connectivity index (χ0v) is 10.7. The summed E-state index contributed by atoms with van der Waals surface area (Å²) in [6.45, 7) is 9.52. The molecule has 0 saturated carbocycles. The van der Waals surface area contributed by atoms with Gasteiger partial charge in [0, 0.05) is 12.8 Å². The molecule has 0 N–H and O–H groups in total. The molecule has 15 heavy (non-hydrogen) atoms. The minimum Gasteiger partial charge on any atom is -0.293 e. The van der Waals surface area contributed by atoms with E-state index >= 15 is 0 Å². The molecule has 0 aromatic rings. The largest absolute Gasteiger partial charge is 0.293 e. The van der Waals surface area contributed by atoms with E-state index in [0.29, 0.717) is 0 Å². The van der Waals surface area contributed by atoms with Crippen LogP contribution in [0.2, 0.25) is 0 Å². The van der Waals surface area contributed by atoms with E-state index in [9.17, 15) is 0 Å². The fraction of sp³-hybridized carbons (Fsp3) is 0.643. The first-order valence-corrected chi connectivity index (χ1v) is 6.02. The molecule has 0 aromatic carbocycles. The zero-order chi connectivity index (χ0) is 11.5. The van der Waals surface area contributed by atoms with E-state index in [1.165, 1.54) is 12.0 Å². The van der Waals surface area contributed by atoms with Crippen LogP contribution in [0.5, 0.6) is 0 Å². The van der Waals surface area contributed by atoms with Crippen LogP contribution in [0.4, 0.5) is 0 Å². The number of aliphatic imine (C=N–C) groups is 1. The van der Waals surface area contributed by atoms with Crippen molar-refractivity contribution in [1.29, 1.82) is 0 Å². The molecule has 0 amide bonds. The normalized spacial score (nSPS) is 15.3. The third-order valence-electron chi connectivity index (χ3n) is 2.26. The van der Waals surface area contributed by atoms with Gasteiger partial charge in [0.15, 0.2) is 0 Å². The first-order chi connectivity index (χ1) is 7.20. The van der Waals surface area contributed by atoms with Crippen LogP contribution in [-0.4, -0.2) is 12.8 Å². The van der Waals surface area contributed by atoms with Crippen molar-refractivity contribution in [3.05, 3.63) is 23.8 Å². The van der Waals surface area contributed by atoms with Crippen LogP contribution in [0.3, 0.4) is 0 Å². The molecule has 1 nitrogen and oxygen atoms in total. The second kappa shape index (κ2) is 9.70. The lowest BCUT2D eigenvalue weighted by Crippen LogP contribution is -1.91. The summed E-state index contributed by atoms with van der Waals surface area (Å²) in [7, 11) is 0. The van der Waals surface area contributed by atoms with Crippen LogP contribution in [0.15, 0.2) is 28.8 Å². The van der Waals surface area contributed by atoms with E-state index in [0.717, 1.165) is 25.3 Å². The minimum atomic E-state index is 0.734. The Morgan fingerprint density at radius 2 is 1.93 bits per heavy atom. The molecule has 0 saturated heterocycles. The SMILES string of the molecule is CC/C=C/CC(C)C/C=C(/C)C=NCC. The summed E-state index contributed by atoms with van der Waals surface area (Å²) in [6.07, 6.45) is 12.3. The first-order valence-electron chi connectivity index (χ1n) is 6.02. The van der Waals surface area contributed by atoms with Crippen molar-refractivity contribution in [2.75, 3.05) is 6.54 Å².